The molecule has 0 aliphatic heterocycles. The Morgan fingerprint density at radius 2 is 2.24 bits per heavy atom. The lowest BCUT2D eigenvalue weighted by molar-refractivity contribution is 0.0932. The third-order valence-electron chi connectivity index (χ3n) is 2.68. The van der Waals surface area contributed by atoms with Crippen LogP contribution in [-0.4, -0.2) is 22.4 Å². The molecule has 17 heavy (non-hydrogen) atoms. The molecule has 2 N–H and O–H groups in total. The van der Waals surface area contributed by atoms with Crippen LogP contribution in [0, 0.1) is 6.92 Å². The number of hydrogen-bond acceptors (Lipinski definition) is 2. The number of hydrogen-bond donors (Lipinski definition) is 2. The summed E-state index contributed by atoms with van der Waals surface area (Å²) in [6.07, 6.45) is 1.76. The van der Waals surface area contributed by atoms with Crippen LogP contribution in [0.4, 0.5) is 0 Å². The standard InChI is InChI=1S/C13H18BrNO2/c1-3-10(6-7-14)15-13(17)11-8-9(2)4-5-12(11)16/h4-5,8,10,16H,3,6-7H2,1-2H3,(H,15,17). The molecule has 3 nitrogen and oxygen atoms in total. The SMILES string of the molecule is CCC(CCBr)NC(=O)c1cc(C)ccc1O. The maximum Gasteiger partial charge on any atom is 0.255 e. The first kappa shape index (κ1) is 14.0. The first-order chi connectivity index (χ1) is 8.08. The summed E-state index contributed by atoms with van der Waals surface area (Å²) in [5.41, 5.74) is 1.31. The molecule has 0 spiro atoms. The lowest BCUT2D eigenvalue weighted by Crippen LogP contribution is -2.34. The Hall–Kier alpha value is -1.03. The Kier molecular flexibility index (Phi) is 5.48. The predicted molar refractivity (Wildman–Crippen MR) is 72.8 cm³/mol. The number of amides is 1. The van der Waals surface area contributed by atoms with Gasteiger partial charge in [0.25, 0.3) is 5.91 Å². The summed E-state index contributed by atoms with van der Waals surface area (Å²) < 4.78 is 0. The first-order valence-electron chi connectivity index (χ1n) is 5.75. The molecular weight excluding hydrogens is 282 g/mol. The van der Waals surface area contributed by atoms with Gasteiger partial charge in [0, 0.05) is 11.4 Å². The molecule has 1 unspecified atom stereocenters. The first-order valence-corrected chi connectivity index (χ1v) is 6.87. The molecule has 0 saturated carbocycles. The average molecular weight is 300 g/mol. The second-order valence-corrected chi connectivity index (χ2v) is 4.87. The Bertz CT molecular complexity index is 393. The molecule has 1 amide bonds. The highest BCUT2D eigenvalue weighted by Crippen LogP contribution is 2.18. The highest BCUT2D eigenvalue weighted by atomic mass is 79.9. The van der Waals surface area contributed by atoms with Crippen LogP contribution < -0.4 is 5.32 Å². The molecule has 0 bridgehead atoms. The van der Waals surface area contributed by atoms with E-state index in [2.05, 4.69) is 21.2 Å². The van der Waals surface area contributed by atoms with E-state index in [1.165, 1.54) is 0 Å². The second-order valence-electron chi connectivity index (χ2n) is 4.08. The molecule has 1 atom stereocenters. The summed E-state index contributed by atoms with van der Waals surface area (Å²) in [7, 11) is 0. The summed E-state index contributed by atoms with van der Waals surface area (Å²) in [6.45, 7) is 3.93. The van der Waals surface area contributed by atoms with Crippen molar-refractivity contribution in [1.29, 1.82) is 0 Å². The van der Waals surface area contributed by atoms with Gasteiger partial charge in [0.05, 0.1) is 5.56 Å². The van der Waals surface area contributed by atoms with Crippen LogP contribution in [0.15, 0.2) is 18.2 Å². The molecule has 0 aromatic heterocycles. The number of phenolic OH excluding ortho intramolecular Hbond substituents is 1. The predicted octanol–water partition coefficient (Wildman–Crippen LogP) is 2.99. The zero-order chi connectivity index (χ0) is 12.8. The minimum atomic E-state index is -0.209. The van der Waals surface area contributed by atoms with Crippen LogP contribution in [0.25, 0.3) is 0 Å². The number of aromatic hydroxyl groups is 1. The van der Waals surface area contributed by atoms with Crippen molar-refractivity contribution < 1.29 is 9.90 Å². The van der Waals surface area contributed by atoms with E-state index >= 15 is 0 Å². The number of carbonyl (C=O) groups excluding carboxylic acids is 1. The van der Waals surface area contributed by atoms with Gasteiger partial charge in [0.15, 0.2) is 0 Å². The number of carbonyl (C=O) groups is 1. The van der Waals surface area contributed by atoms with E-state index in [4.69, 9.17) is 0 Å². The number of benzene rings is 1. The Balaban J connectivity index is 2.78. The zero-order valence-corrected chi connectivity index (χ0v) is 11.8. The molecule has 0 aliphatic carbocycles. The van der Waals surface area contributed by atoms with E-state index in [9.17, 15) is 9.90 Å². The van der Waals surface area contributed by atoms with Crippen molar-refractivity contribution in [2.75, 3.05) is 5.33 Å². The van der Waals surface area contributed by atoms with Gasteiger partial charge in [-0.05, 0) is 31.9 Å². The van der Waals surface area contributed by atoms with E-state index in [1.807, 2.05) is 13.8 Å². The highest BCUT2D eigenvalue weighted by Gasteiger charge is 2.14. The smallest absolute Gasteiger partial charge is 0.255 e. The van der Waals surface area contributed by atoms with Crippen LogP contribution in [0.2, 0.25) is 0 Å². The number of aryl methyl sites for hydroxylation is 1. The van der Waals surface area contributed by atoms with Crippen molar-refractivity contribution in [2.45, 2.75) is 32.7 Å². The van der Waals surface area contributed by atoms with Gasteiger partial charge >= 0.3 is 0 Å². The molecule has 94 valence electrons. The monoisotopic (exact) mass is 299 g/mol. The van der Waals surface area contributed by atoms with Crippen molar-refractivity contribution >= 4 is 21.8 Å². The van der Waals surface area contributed by atoms with E-state index in [-0.39, 0.29) is 17.7 Å². The topological polar surface area (TPSA) is 49.3 Å². The highest BCUT2D eigenvalue weighted by molar-refractivity contribution is 9.09. The van der Waals surface area contributed by atoms with Crippen LogP contribution in [0.1, 0.15) is 35.7 Å². The van der Waals surface area contributed by atoms with Gasteiger partial charge in [-0.25, -0.2) is 0 Å². The van der Waals surface area contributed by atoms with Crippen LogP contribution in [0.5, 0.6) is 5.75 Å². The molecule has 4 heteroatoms. The fraction of sp³-hybridized carbons (Fsp3) is 0.462. The van der Waals surface area contributed by atoms with Crippen molar-refractivity contribution in [3.8, 4) is 5.75 Å². The van der Waals surface area contributed by atoms with Gasteiger partial charge in [-0.15, -0.1) is 0 Å². The zero-order valence-electron chi connectivity index (χ0n) is 10.2. The Morgan fingerprint density at radius 3 is 2.82 bits per heavy atom. The Labute approximate surface area is 110 Å². The normalized spacial score (nSPS) is 12.2. The second kappa shape index (κ2) is 6.64. The van der Waals surface area contributed by atoms with Crippen molar-refractivity contribution in [2.24, 2.45) is 0 Å². The fourth-order valence-corrected chi connectivity index (χ4v) is 2.16. The number of halogens is 1. The molecule has 1 rings (SSSR count). The summed E-state index contributed by atoms with van der Waals surface area (Å²) >= 11 is 3.36. The quantitative estimate of drug-likeness (QED) is 0.821. The van der Waals surface area contributed by atoms with Gasteiger partial charge < -0.3 is 10.4 Å². The van der Waals surface area contributed by atoms with Gasteiger partial charge in [-0.3, -0.25) is 4.79 Å². The molecule has 1 aromatic carbocycles. The summed E-state index contributed by atoms with van der Waals surface area (Å²) in [6, 6.07) is 5.17. The lowest BCUT2D eigenvalue weighted by Gasteiger charge is -2.16. The molecular formula is C13H18BrNO2. The molecule has 0 saturated heterocycles. The summed E-state index contributed by atoms with van der Waals surface area (Å²) in [5.74, 6) is -0.180. The molecule has 1 aromatic rings. The van der Waals surface area contributed by atoms with E-state index in [0.29, 0.717) is 5.56 Å². The third-order valence-corrected chi connectivity index (χ3v) is 3.14. The third kappa shape index (κ3) is 4.04. The van der Waals surface area contributed by atoms with Crippen molar-refractivity contribution in [1.82, 2.24) is 5.32 Å². The van der Waals surface area contributed by atoms with Gasteiger partial charge in [-0.2, -0.15) is 0 Å². The number of rotatable bonds is 5. The summed E-state index contributed by atoms with van der Waals surface area (Å²) in [5, 5.41) is 13.4. The number of phenols is 1. The Morgan fingerprint density at radius 1 is 1.53 bits per heavy atom. The van der Waals surface area contributed by atoms with Gasteiger partial charge in [0.2, 0.25) is 0 Å². The van der Waals surface area contributed by atoms with Gasteiger partial charge in [-0.1, -0.05) is 34.5 Å². The van der Waals surface area contributed by atoms with E-state index < -0.39 is 0 Å². The summed E-state index contributed by atoms with van der Waals surface area (Å²) in [4.78, 5) is 12.0. The van der Waals surface area contributed by atoms with E-state index in [1.54, 1.807) is 18.2 Å². The average Bonchev–Trinajstić information content (AvgIpc) is 2.31. The van der Waals surface area contributed by atoms with E-state index in [0.717, 1.165) is 23.7 Å². The number of alkyl halides is 1. The van der Waals surface area contributed by atoms with Crippen LogP contribution >= 0.6 is 15.9 Å². The van der Waals surface area contributed by atoms with Gasteiger partial charge in [0.1, 0.15) is 5.75 Å². The maximum absolute atomic E-state index is 12.0. The minimum absolute atomic E-state index is 0.0294. The van der Waals surface area contributed by atoms with Crippen molar-refractivity contribution in [3.05, 3.63) is 29.3 Å². The molecule has 0 heterocycles. The number of nitrogens with one attached hydrogen (secondary N) is 1. The molecule has 0 radical (unpaired) electrons. The van der Waals surface area contributed by atoms with Crippen LogP contribution in [0.3, 0.4) is 0 Å². The van der Waals surface area contributed by atoms with Crippen molar-refractivity contribution in [3.63, 3.8) is 0 Å². The lowest BCUT2D eigenvalue weighted by atomic mass is 10.1. The minimum Gasteiger partial charge on any atom is -0.507 e. The molecule has 0 aliphatic rings. The fourth-order valence-electron chi connectivity index (χ4n) is 1.60. The maximum atomic E-state index is 12.0. The van der Waals surface area contributed by atoms with Crippen LogP contribution in [-0.2, 0) is 0 Å². The largest absolute Gasteiger partial charge is 0.507 e. The molecule has 0 fully saturated rings.